The quantitative estimate of drug-likeness (QED) is 0.172. The molecule has 13 aromatic heterocycles. The average Bonchev–Trinajstić information content (AvgIpc) is 1.58. The van der Waals surface area contributed by atoms with Crippen LogP contribution in [0.5, 0.6) is 0 Å². The molecule has 0 aliphatic carbocycles. The summed E-state index contributed by atoms with van der Waals surface area (Å²) in [6.07, 6.45) is 9.34. The highest BCUT2D eigenvalue weighted by molar-refractivity contribution is 7.27. The van der Waals surface area contributed by atoms with Gasteiger partial charge in [-0.3, -0.25) is 14.5 Å². The van der Waals surface area contributed by atoms with E-state index in [2.05, 4.69) is 274 Å². The Morgan fingerprint density at radius 2 is 0.775 bits per heavy atom. The standard InChI is InChI=1S/C29H19N3S.C23H15N3S.2C12H9NS.C11H8N2S/c1-18-30-27(29-28(31-18)22-12-6-8-14-26(22)33-29)19-15-16-25-23(17-19)21-11-5-7-13-24(21)32(25)20-9-3-2-4-10-20;1-14-24-21-17-10-4-7-13-20(17)27-22(21)23(25-14)26-18-11-5-2-8-15(18)16-9-3-6-12-19(16)26;1-8-4-2-5-9-10-6-3-7-13-12(10)14-11(8)9;1-8-3-2-4-9-10-7-13-6-5-11(10)14-12(8)9;1-7-4-6-12-9-8-3-2-5-13-11(8)14-10(7)9/h2-17H,1H3;2-13H,1H3;2*2-7H,1H3;2-6H,1H3. The Kier molecular flexibility index (Phi) is 16.1. The minimum atomic E-state index is 0.794. The fourth-order valence-electron chi connectivity index (χ4n) is 14.0. The first-order valence-electron chi connectivity index (χ1n) is 33.6. The number of para-hydroxylation sites is 4. The lowest BCUT2D eigenvalue weighted by atomic mass is 10.1. The normalized spacial score (nSPS) is 11.6. The van der Waals surface area contributed by atoms with Crippen molar-refractivity contribution in [3.8, 4) is 22.8 Å². The lowest BCUT2D eigenvalue weighted by Crippen LogP contribution is -2.00. The van der Waals surface area contributed by atoms with Crippen LogP contribution < -0.4 is 0 Å². The zero-order chi connectivity index (χ0) is 68.5. The fraction of sp³-hybridized carbons (Fsp3) is 0.0575. The second-order valence-corrected chi connectivity index (χ2v) is 30.3. The topological polar surface area (TPSA) is 113 Å². The van der Waals surface area contributed by atoms with Gasteiger partial charge in [-0.25, -0.2) is 29.9 Å². The number of hydrogen-bond donors (Lipinski definition) is 0. The molecule has 0 radical (unpaired) electrons. The van der Waals surface area contributed by atoms with Crippen molar-refractivity contribution >= 4 is 202 Å². The number of pyridine rings is 4. The van der Waals surface area contributed by atoms with Crippen LogP contribution in [0, 0.1) is 34.6 Å². The van der Waals surface area contributed by atoms with Crippen molar-refractivity contribution in [2.45, 2.75) is 34.6 Å². The van der Waals surface area contributed by atoms with Crippen LogP contribution in [-0.2, 0) is 0 Å². The highest BCUT2D eigenvalue weighted by Crippen LogP contribution is 2.43. The van der Waals surface area contributed by atoms with E-state index in [0.717, 1.165) is 69.7 Å². The second kappa shape index (κ2) is 26.2. The molecule has 13 heterocycles. The minimum absolute atomic E-state index is 0.794. The fourth-order valence-corrected chi connectivity index (χ4v) is 19.6. The molecule has 10 nitrogen and oxygen atoms in total. The van der Waals surface area contributed by atoms with Gasteiger partial charge in [-0.1, -0.05) is 152 Å². The van der Waals surface area contributed by atoms with Crippen molar-refractivity contribution < 1.29 is 0 Å². The summed E-state index contributed by atoms with van der Waals surface area (Å²) in [4.78, 5) is 38.9. The minimum Gasteiger partial charge on any atom is -0.309 e. The molecule has 9 aromatic carbocycles. The maximum absolute atomic E-state index is 4.91. The molecule has 0 aliphatic rings. The number of fused-ring (bicyclic) bond motifs is 21. The van der Waals surface area contributed by atoms with Gasteiger partial charge in [-0.05, 0) is 142 Å². The summed E-state index contributed by atoms with van der Waals surface area (Å²) in [5.74, 6) is 2.56. The number of aromatic nitrogens is 10. The highest BCUT2D eigenvalue weighted by Gasteiger charge is 2.21. The Morgan fingerprint density at radius 3 is 1.46 bits per heavy atom. The van der Waals surface area contributed by atoms with E-state index >= 15 is 0 Å². The third-order valence-electron chi connectivity index (χ3n) is 18.7. The molecule has 0 fully saturated rings. The first-order valence-corrected chi connectivity index (χ1v) is 37.7. The molecule has 15 heteroatoms. The van der Waals surface area contributed by atoms with Gasteiger partial charge in [0.15, 0.2) is 5.82 Å². The molecular formula is C87H60N10S5. The summed E-state index contributed by atoms with van der Waals surface area (Å²) < 4.78 is 14.7. The number of hydrogen-bond acceptors (Lipinski definition) is 13. The predicted molar refractivity (Wildman–Crippen MR) is 437 cm³/mol. The third kappa shape index (κ3) is 11.0. The molecule has 22 aromatic rings. The molecule has 0 spiro atoms. The predicted octanol–water partition coefficient (Wildman–Crippen LogP) is 24.8. The van der Waals surface area contributed by atoms with E-state index < -0.39 is 0 Å². The number of nitrogens with zero attached hydrogens (tertiary/aromatic N) is 10. The number of thiophene rings is 5. The van der Waals surface area contributed by atoms with E-state index in [-0.39, 0.29) is 0 Å². The van der Waals surface area contributed by atoms with Crippen molar-refractivity contribution in [3.63, 3.8) is 0 Å². The summed E-state index contributed by atoms with van der Waals surface area (Å²) in [7, 11) is 0. The molecule has 0 aliphatic heterocycles. The summed E-state index contributed by atoms with van der Waals surface area (Å²) in [6, 6.07) is 85.1. The van der Waals surface area contributed by atoms with Gasteiger partial charge >= 0.3 is 0 Å². The highest BCUT2D eigenvalue weighted by atomic mass is 32.1. The Morgan fingerprint density at radius 1 is 0.284 bits per heavy atom. The molecule has 0 unspecified atom stereocenters. The molecule has 488 valence electrons. The molecule has 0 saturated heterocycles. The Bertz CT molecular complexity index is 6680. The molecule has 102 heavy (non-hydrogen) atoms. The zero-order valence-electron chi connectivity index (χ0n) is 56.0. The van der Waals surface area contributed by atoms with Crippen LogP contribution in [0.25, 0.3) is 168 Å². The Balaban J connectivity index is 0.0000000963. The lowest BCUT2D eigenvalue weighted by molar-refractivity contribution is 1.02. The van der Waals surface area contributed by atoms with Crippen molar-refractivity contribution in [1.29, 1.82) is 0 Å². The number of aryl methyl sites for hydroxylation is 5. The van der Waals surface area contributed by atoms with Crippen molar-refractivity contribution in [2.24, 2.45) is 0 Å². The third-order valence-corrected chi connectivity index (χ3v) is 24.8. The lowest BCUT2D eigenvalue weighted by Gasteiger charge is -2.08. The SMILES string of the molecule is Cc1cccc2c1sc1ccncc12.Cc1cccc2c1sc1ncccc12.Cc1ccnc2c1sc1ncccc12.Cc1nc(-c2ccc3c(c2)c2ccccc2n3-c2ccccc2)c2sc3ccccc3c2n1.Cc1nc(-n2c3ccccc3c3ccccc32)c2sc3ccccc3c2n1. The van der Waals surface area contributed by atoms with Gasteiger partial charge in [0.2, 0.25) is 0 Å². The Hall–Kier alpha value is -11.6. The smallest absolute Gasteiger partial charge is 0.159 e. The molecule has 0 N–H and O–H groups in total. The molecule has 0 atom stereocenters. The number of benzene rings is 9. The van der Waals surface area contributed by atoms with E-state index in [4.69, 9.17) is 19.9 Å². The summed E-state index contributed by atoms with van der Waals surface area (Å²) in [6.45, 7) is 10.4. The average molecular weight is 1410 g/mol. The van der Waals surface area contributed by atoms with E-state index in [0.29, 0.717) is 0 Å². The first kappa shape index (κ1) is 62.7. The van der Waals surface area contributed by atoms with Crippen LogP contribution in [0.1, 0.15) is 28.3 Å². The van der Waals surface area contributed by atoms with Crippen LogP contribution in [0.2, 0.25) is 0 Å². The van der Waals surface area contributed by atoms with Gasteiger partial charge in [-0.15, -0.1) is 56.7 Å². The van der Waals surface area contributed by atoms with Gasteiger partial charge in [-0.2, -0.15) is 0 Å². The van der Waals surface area contributed by atoms with Crippen LogP contribution in [0.15, 0.2) is 274 Å². The first-order chi connectivity index (χ1) is 50.2. The van der Waals surface area contributed by atoms with Crippen LogP contribution in [-0.4, -0.2) is 49.0 Å². The molecular weight excluding hydrogens is 1350 g/mol. The van der Waals surface area contributed by atoms with Gasteiger partial charge < -0.3 is 4.57 Å². The zero-order valence-corrected chi connectivity index (χ0v) is 60.1. The van der Waals surface area contributed by atoms with Gasteiger partial charge in [0.05, 0.1) is 58.4 Å². The number of rotatable bonds is 3. The molecule has 0 bridgehead atoms. The Labute approximate surface area is 605 Å². The van der Waals surface area contributed by atoms with E-state index in [1.165, 1.54) is 127 Å². The summed E-state index contributed by atoms with van der Waals surface area (Å²) in [5, 5.41) is 13.8. The molecule has 22 rings (SSSR count). The monoisotopic (exact) mass is 1400 g/mol. The van der Waals surface area contributed by atoms with Gasteiger partial charge in [0.1, 0.15) is 21.3 Å². The van der Waals surface area contributed by atoms with Crippen molar-refractivity contribution in [3.05, 3.63) is 302 Å². The van der Waals surface area contributed by atoms with E-state index in [9.17, 15) is 0 Å². The van der Waals surface area contributed by atoms with Crippen molar-refractivity contribution in [2.75, 3.05) is 0 Å². The van der Waals surface area contributed by atoms with Gasteiger partial charge in [0.25, 0.3) is 0 Å². The van der Waals surface area contributed by atoms with E-state index in [1.807, 2.05) is 74.4 Å². The largest absolute Gasteiger partial charge is 0.309 e. The summed E-state index contributed by atoms with van der Waals surface area (Å²) in [5.41, 5.74) is 15.2. The van der Waals surface area contributed by atoms with Crippen molar-refractivity contribution in [1.82, 2.24) is 49.0 Å². The van der Waals surface area contributed by atoms with E-state index in [1.54, 1.807) is 45.3 Å². The van der Waals surface area contributed by atoms with Gasteiger partial charge in [0, 0.05) is 125 Å². The second-order valence-electron chi connectivity index (χ2n) is 25.2. The maximum Gasteiger partial charge on any atom is 0.159 e. The van der Waals surface area contributed by atoms with Crippen LogP contribution >= 0.6 is 56.7 Å². The molecule has 0 saturated carbocycles. The molecule has 0 amide bonds. The van der Waals surface area contributed by atoms with Crippen LogP contribution in [0.4, 0.5) is 0 Å². The maximum atomic E-state index is 4.91. The van der Waals surface area contributed by atoms with Crippen LogP contribution in [0.3, 0.4) is 0 Å². The summed E-state index contributed by atoms with van der Waals surface area (Å²) >= 11 is 8.88.